The van der Waals surface area contributed by atoms with E-state index in [-0.39, 0.29) is 0 Å². The van der Waals surface area contributed by atoms with Crippen molar-refractivity contribution in [2.75, 3.05) is 12.4 Å². The molecule has 0 fully saturated rings. The van der Waals surface area contributed by atoms with E-state index >= 15 is 0 Å². The Kier molecular flexibility index (Phi) is 3.99. The molecule has 2 rings (SSSR count). The fourth-order valence-electron chi connectivity index (χ4n) is 1.44. The van der Waals surface area contributed by atoms with Gasteiger partial charge in [0.25, 0.3) is 0 Å². The molecule has 0 saturated heterocycles. The number of rotatable bonds is 4. The second-order valence-electron chi connectivity index (χ2n) is 3.84. The predicted octanol–water partition coefficient (Wildman–Crippen LogP) is 3.06. The van der Waals surface area contributed by atoms with Crippen LogP contribution in [0.4, 0.5) is 5.82 Å². The van der Waals surface area contributed by atoms with Crippen LogP contribution in [0.3, 0.4) is 0 Å². The van der Waals surface area contributed by atoms with Gasteiger partial charge in [0, 0.05) is 12.1 Å². The molecule has 0 bridgehead atoms. The first-order valence-electron chi connectivity index (χ1n) is 5.56. The van der Waals surface area contributed by atoms with Crippen LogP contribution in [0.2, 0.25) is 5.02 Å². The van der Waals surface area contributed by atoms with Crippen LogP contribution >= 0.6 is 11.6 Å². The van der Waals surface area contributed by atoms with Crippen molar-refractivity contribution in [1.82, 2.24) is 9.97 Å². The van der Waals surface area contributed by atoms with Crippen LogP contribution in [0.1, 0.15) is 11.3 Å². The smallest absolute Gasteiger partial charge is 0.144 e. The minimum atomic E-state index is 0.373. The summed E-state index contributed by atoms with van der Waals surface area (Å²) in [5, 5.41) is 3.57. The molecular weight excluding hydrogens is 250 g/mol. The zero-order valence-electron chi connectivity index (χ0n) is 10.3. The van der Waals surface area contributed by atoms with E-state index in [2.05, 4.69) is 15.3 Å². The number of aromatic nitrogens is 2. The molecule has 0 atom stereocenters. The second-order valence-corrected chi connectivity index (χ2v) is 4.28. The molecule has 0 aliphatic heterocycles. The molecule has 1 N–H and O–H groups in total. The summed E-state index contributed by atoms with van der Waals surface area (Å²) < 4.78 is 5.67. The summed E-state index contributed by atoms with van der Waals surface area (Å²) in [6.07, 6.45) is 3.36. The number of benzene rings is 1. The standard InChI is InChI=1S/C13H14ClN3O/c1-9-3-4-10(14)5-12(9)18-8-11-6-17-13(15-2)7-16-11/h3-7H,8H2,1-2H3,(H,15,17). The average molecular weight is 264 g/mol. The lowest BCUT2D eigenvalue weighted by Crippen LogP contribution is -2.01. The van der Waals surface area contributed by atoms with E-state index in [1.54, 1.807) is 25.5 Å². The number of hydrogen-bond acceptors (Lipinski definition) is 4. The lowest BCUT2D eigenvalue weighted by Gasteiger charge is -2.09. The van der Waals surface area contributed by atoms with E-state index in [1.165, 1.54) is 0 Å². The van der Waals surface area contributed by atoms with Gasteiger partial charge in [0.15, 0.2) is 0 Å². The average Bonchev–Trinajstić information content (AvgIpc) is 2.40. The first-order chi connectivity index (χ1) is 8.69. The highest BCUT2D eigenvalue weighted by Gasteiger charge is 2.02. The fourth-order valence-corrected chi connectivity index (χ4v) is 1.60. The van der Waals surface area contributed by atoms with Crippen molar-refractivity contribution < 1.29 is 4.74 Å². The van der Waals surface area contributed by atoms with Crippen molar-refractivity contribution in [3.8, 4) is 5.75 Å². The molecule has 0 amide bonds. The van der Waals surface area contributed by atoms with E-state index in [4.69, 9.17) is 16.3 Å². The second kappa shape index (κ2) is 5.69. The summed E-state index contributed by atoms with van der Waals surface area (Å²) in [5.41, 5.74) is 1.81. The van der Waals surface area contributed by atoms with Gasteiger partial charge in [-0.2, -0.15) is 0 Å². The number of nitrogens with one attached hydrogen (secondary N) is 1. The highest BCUT2D eigenvalue weighted by Crippen LogP contribution is 2.23. The molecule has 2 aromatic rings. The molecule has 0 aliphatic carbocycles. The third kappa shape index (κ3) is 3.11. The quantitative estimate of drug-likeness (QED) is 0.921. The highest BCUT2D eigenvalue weighted by molar-refractivity contribution is 6.30. The monoisotopic (exact) mass is 263 g/mol. The Labute approximate surface area is 111 Å². The summed E-state index contributed by atoms with van der Waals surface area (Å²) in [6, 6.07) is 5.56. The molecule has 0 unspecified atom stereocenters. The summed E-state index contributed by atoms with van der Waals surface area (Å²) in [6.45, 7) is 2.35. The molecule has 1 heterocycles. The van der Waals surface area contributed by atoms with Gasteiger partial charge in [-0.05, 0) is 24.6 Å². The Morgan fingerprint density at radius 2 is 2.11 bits per heavy atom. The zero-order chi connectivity index (χ0) is 13.0. The van der Waals surface area contributed by atoms with E-state index < -0.39 is 0 Å². The molecule has 1 aromatic heterocycles. The van der Waals surface area contributed by atoms with E-state index in [1.807, 2.05) is 19.1 Å². The van der Waals surface area contributed by atoms with Crippen LogP contribution in [0.15, 0.2) is 30.6 Å². The zero-order valence-corrected chi connectivity index (χ0v) is 11.0. The fraction of sp³-hybridized carbons (Fsp3) is 0.231. The summed E-state index contributed by atoms with van der Waals surface area (Å²) in [5.74, 6) is 1.50. The lowest BCUT2D eigenvalue weighted by atomic mass is 10.2. The largest absolute Gasteiger partial charge is 0.487 e. The van der Waals surface area contributed by atoms with Crippen LogP contribution in [-0.2, 0) is 6.61 Å². The summed E-state index contributed by atoms with van der Waals surface area (Å²) >= 11 is 5.92. The van der Waals surface area contributed by atoms with Crippen molar-refractivity contribution >= 4 is 17.4 Å². The third-order valence-corrected chi connectivity index (χ3v) is 2.72. The van der Waals surface area contributed by atoms with Crippen LogP contribution in [0.5, 0.6) is 5.75 Å². The van der Waals surface area contributed by atoms with Crippen LogP contribution in [-0.4, -0.2) is 17.0 Å². The SMILES string of the molecule is CNc1cnc(COc2cc(Cl)ccc2C)cn1. The molecular formula is C13H14ClN3O. The summed E-state index contributed by atoms with van der Waals surface area (Å²) in [7, 11) is 1.80. The van der Waals surface area contributed by atoms with Gasteiger partial charge in [-0.25, -0.2) is 4.98 Å². The van der Waals surface area contributed by atoms with Crippen molar-refractivity contribution in [3.05, 3.63) is 46.9 Å². The number of aryl methyl sites for hydroxylation is 1. The number of halogens is 1. The molecule has 1 aromatic carbocycles. The maximum absolute atomic E-state index is 5.92. The summed E-state index contributed by atoms with van der Waals surface area (Å²) in [4.78, 5) is 8.40. The minimum Gasteiger partial charge on any atom is -0.487 e. The van der Waals surface area contributed by atoms with Gasteiger partial charge >= 0.3 is 0 Å². The molecule has 18 heavy (non-hydrogen) atoms. The van der Waals surface area contributed by atoms with Gasteiger partial charge in [0.1, 0.15) is 18.2 Å². The van der Waals surface area contributed by atoms with E-state index in [0.717, 1.165) is 22.8 Å². The molecule has 5 heteroatoms. The van der Waals surface area contributed by atoms with Gasteiger partial charge in [-0.15, -0.1) is 0 Å². The Bertz CT molecular complexity index is 528. The van der Waals surface area contributed by atoms with Gasteiger partial charge in [0.2, 0.25) is 0 Å². The Balaban J connectivity index is 2.04. The topological polar surface area (TPSA) is 47.0 Å². The Hall–Kier alpha value is -1.81. The maximum Gasteiger partial charge on any atom is 0.144 e. The van der Waals surface area contributed by atoms with Crippen LogP contribution < -0.4 is 10.1 Å². The molecule has 0 radical (unpaired) electrons. The van der Waals surface area contributed by atoms with Gasteiger partial charge in [-0.3, -0.25) is 4.98 Å². The van der Waals surface area contributed by atoms with Gasteiger partial charge in [0.05, 0.1) is 18.1 Å². The maximum atomic E-state index is 5.92. The van der Waals surface area contributed by atoms with Crippen LogP contribution in [0.25, 0.3) is 0 Å². The first kappa shape index (κ1) is 12.6. The molecule has 0 spiro atoms. The van der Waals surface area contributed by atoms with Gasteiger partial charge in [-0.1, -0.05) is 17.7 Å². The normalized spacial score (nSPS) is 10.2. The number of anilines is 1. The van der Waals surface area contributed by atoms with E-state index in [9.17, 15) is 0 Å². The predicted molar refractivity (Wildman–Crippen MR) is 72.1 cm³/mol. The van der Waals surface area contributed by atoms with Crippen LogP contribution in [0, 0.1) is 6.92 Å². The minimum absolute atomic E-state index is 0.373. The van der Waals surface area contributed by atoms with E-state index in [0.29, 0.717) is 11.6 Å². The molecule has 0 aliphatic rings. The van der Waals surface area contributed by atoms with Crippen molar-refractivity contribution in [3.63, 3.8) is 0 Å². The highest BCUT2D eigenvalue weighted by atomic mass is 35.5. The van der Waals surface area contributed by atoms with Crippen molar-refractivity contribution in [2.24, 2.45) is 0 Å². The Morgan fingerprint density at radius 1 is 1.28 bits per heavy atom. The number of nitrogens with zero attached hydrogens (tertiary/aromatic N) is 2. The number of ether oxygens (including phenoxy) is 1. The molecule has 4 nitrogen and oxygen atoms in total. The first-order valence-corrected chi connectivity index (χ1v) is 5.94. The molecule has 0 saturated carbocycles. The number of hydrogen-bond donors (Lipinski definition) is 1. The molecule has 94 valence electrons. The Morgan fingerprint density at radius 3 is 2.78 bits per heavy atom. The van der Waals surface area contributed by atoms with Crippen molar-refractivity contribution in [1.29, 1.82) is 0 Å². The lowest BCUT2D eigenvalue weighted by molar-refractivity contribution is 0.299. The third-order valence-electron chi connectivity index (χ3n) is 2.49. The van der Waals surface area contributed by atoms with Crippen molar-refractivity contribution in [2.45, 2.75) is 13.5 Å². The van der Waals surface area contributed by atoms with Gasteiger partial charge < -0.3 is 10.1 Å².